The summed E-state index contributed by atoms with van der Waals surface area (Å²) >= 11 is 5.30. The minimum absolute atomic E-state index is 0.631. The topological polar surface area (TPSA) is 18.5 Å². The Bertz CT molecular complexity index is 302. The monoisotopic (exact) mass is 200 g/mol. The predicted molar refractivity (Wildman–Crippen MR) is 52.3 cm³/mol. The molecule has 0 atom stereocenters. The molecule has 1 fully saturated rings. The molecule has 0 amide bonds. The summed E-state index contributed by atoms with van der Waals surface area (Å²) in [5, 5.41) is 1.01. The largest absolute Gasteiger partial charge is 0.324 e. The van der Waals surface area contributed by atoms with Crippen LogP contribution in [-0.4, -0.2) is 13.2 Å². The predicted octanol–water partition coefficient (Wildman–Crippen LogP) is 1.67. The second kappa shape index (κ2) is 3.27. The zero-order valence-electron chi connectivity index (χ0n) is 6.47. The van der Waals surface area contributed by atoms with Gasteiger partial charge in [-0.3, -0.25) is 0 Å². The second-order valence-electron chi connectivity index (χ2n) is 2.50. The fourth-order valence-corrected chi connectivity index (χ4v) is 3.46. The second-order valence-corrected chi connectivity index (χ2v) is 5.97. The van der Waals surface area contributed by atoms with E-state index in [-0.39, 0.29) is 0 Å². The Labute approximate surface area is 76.7 Å². The van der Waals surface area contributed by atoms with Crippen LogP contribution < -0.4 is 5.30 Å². The lowest BCUT2D eigenvalue weighted by Gasteiger charge is -2.12. The Morgan fingerprint density at radius 2 is 1.67 bits per heavy atom. The third-order valence-electron chi connectivity index (χ3n) is 1.68. The minimum atomic E-state index is -2.09. The van der Waals surface area contributed by atoms with Crippen LogP contribution in [0.3, 0.4) is 0 Å². The lowest BCUT2D eigenvalue weighted by atomic mass is 10.4. The van der Waals surface area contributed by atoms with Crippen molar-refractivity contribution in [2.75, 3.05) is 13.2 Å². The Morgan fingerprint density at radius 3 is 2.25 bits per heavy atom. The first kappa shape index (κ1) is 8.39. The van der Waals surface area contributed by atoms with E-state index in [1.807, 2.05) is 30.3 Å². The Morgan fingerprint density at radius 1 is 1.08 bits per heavy atom. The average Bonchev–Trinajstić information content (AvgIpc) is 2.55. The van der Waals surface area contributed by atoms with Crippen molar-refractivity contribution in [3.63, 3.8) is 0 Å². The van der Waals surface area contributed by atoms with Crippen molar-refractivity contribution in [3.8, 4) is 0 Å². The first-order chi connectivity index (χ1) is 5.81. The van der Waals surface area contributed by atoms with Gasteiger partial charge < -0.3 is 9.05 Å². The van der Waals surface area contributed by atoms with Gasteiger partial charge in [0.1, 0.15) is 0 Å². The molecule has 0 bridgehead atoms. The van der Waals surface area contributed by atoms with Gasteiger partial charge in [-0.25, -0.2) is 0 Å². The van der Waals surface area contributed by atoms with E-state index >= 15 is 0 Å². The molecule has 1 saturated heterocycles. The van der Waals surface area contributed by atoms with E-state index in [1.54, 1.807) is 0 Å². The van der Waals surface area contributed by atoms with E-state index in [0.717, 1.165) is 5.30 Å². The number of benzene rings is 1. The van der Waals surface area contributed by atoms with Crippen molar-refractivity contribution in [2.24, 2.45) is 0 Å². The van der Waals surface area contributed by atoms with Gasteiger partial charge in [0.15, 0.2) is 0 Å². The normalized spacial score (nSPS) is 21.0. The smallest absolute Gasteiger partial charge is 0.219 e. The molecule has 1 aromatic rings. The summed E-state index contributed by atoms with van der Waals surface area (Å²) < 4.78 is 10.9. The Hall–Kier alpha value is -0.210. The number of hydrogen-bond acceptors (Lipinski definition) is 3. The molecule has 0 aliphatic carbocycles. The summed E-state index contributed by atoms with van der Waals surface area (Å²) in [6, 6.07) is 9.79. The maximum absolute atomic E-state index is 5.43. The fourth-order valence-electron chi connectivity index (χ4n) is 1.11. The van der Waals surface area contributed by atoms with Crippen LogP contribution in [0.25, 0.3) is 0 Å². The van der Waals surface area contributed by atoms with Gasteiger partial charge >= 0.3 is 0 Å². The molecule has 0 spiro atoms. The first-order valence-corrected chi connectivity index (χ1v) is 6.40. The van der Waals surface area contributed by atoms with E-state index in [4.69, 9.17) is 20.9 Å². The Balaban J connectivity index is 2.36. The van der Waals surface area contributed by atoms with Gasteiger partial charge in [-0.2, -0.15) is 0 Å². The van der Waals surface area contributed by atoms with E-state index in [1.165, 1.54) is 0 Å². The van der Waals surface area contributed by atoms with Crippen molar-refractivity contribution in [3.05, 3.63) is 30.3 Å². The highest BCUT2D eigenvalue weighted by atomic mass is 32.5. The molecule has 12 heavy (non-hydrogen) atoms. The van der Waals surface area contributed by atoms with Crippen molar-refractivity contribution < 1.29 is 9.05 Å². The summed E-state index contributed by atoms with van der Waals surface area (Å²) in [4.78, 5) is 0. The lowest BCUT2D eigenvalue weighted by Crippen LogP contribution is -2.02. The molecular weight excluding hydrogens is 191 g/mol. The SMILES string of the molecule is S=P1(c2ccccc2)OCCO1. The van der Waals surface area contributed by atoms with Crippen LogP contribution in [0.2, 0.25) is 0 Å². The molecule has 1 aliphatic rings. The third kappa shape index (κ3) is 1.46. The van der Waals surface area contributed by atoms with Crippen molar-refractivity contribution in [1.82, 2.24) is 0 Å². The quantitative estimate of drug-likeness (QED) is 0.642. The van der Waals surface area contributed by atoms with Gasteiger partial charge in [-0.1, -0.05) is 18.2 Å². The summed E-state index contributed by atoms with van der Waals surface area (Å²) in [6.45, 7) is -0.827. The van der Waals surface area contributed by atoms with E-state index in [2.05, 4.69) is 0 Å². The highest BCUT2D eigenvalue weighted by Gasteiger charge is 2.26. The van der Waals surface area contributed by atoms with Crippen LogP contribution in [0.4, 0.5) is 0 Å². The Kier molecular flexibility index (Phi) is 2.28. The van der Waals surface area contributed by atoms with Crippen LogP contribution in [0.15, 0.2) is 30.3 Å². The summed E-state index contributed by atoms with van der Waals surface area (Å²) in [5.41, 5.74) is 0. The van der Waals surface area contributed by atoms with Gasteiger partial charge in [-0.05, 0) is 23.9 Å². The van der Waals surface area contributed by atoms with Gasteiger partial charge in [0, 0.05) is 5.30 Å². The van der Waals surface area contributed by atoms with E-state index in [9.17, 15) is 0 Å². The molecule has 0 aromatic heterocycles. The molecule has 0 unspecified atom stereocenters. The zero-order chi connectivity index (χ0) is 8.44. The molecule has 2 nitrogen and oxygen atoms in total. The van der Waals surface area contributed by atoms with E-state index in [0.29, 0.717) is 13.2 Å². The van der Waals surface area contributed by atoms with Crippen molar-refractivity contribution in [2.45, 2.75) is 0 Å². The molecule has 1 aliphatic heterocycles. The maximum atomic E-state index is 5.43. The molecule has 1 heterocycles. The van der Waals surface area contributed by atoms with Gasteiger partial charge in [0.2, 0.25) is 6.49 Å². The lowest BCUT2D eigenvalue weighted by molar-refractivity contribution is 0.365. The fraction of sp³-hybridized carbons (Fsp3) is 0.250. The maximum Gasteiger partial charge on any atom is 0.219 e. The highest BCUT2D eigenvalue weighted by molar-refractivity contribution is 8.13. The molecule has 0 saturated carbocycles. The molecule has 4 heteroatoms. The number of rotatable bonds is 1. The van der Waals surface area contributed by atoms with Crippen LogP contribution in [0, 0.1) is 0 Å². The molecule has 0 radical (unpaired) electrons. The van der Waals surface area contributed by atoms with Crippen LogP contribution in [0.5, 0.6) is 0 Å². The first-order valence-electron chi connectivity index (χ1n) is 3.76. The highest BCUT2D eigenvalue weighted by Crippen LogP contribution is 2.50. The van der Waals surface area contributed by atoms with Crippen molar-refractivity contribution in [1.29, 1.82) is 0 Å². The van der Waals surface area contributed by atoms with E-state index < -0.39 is 6.49 Å². The molecular formula is C8H9O2PS. The van der Waals surface area contributed by atoms with Crippen LogP contribution in [-0.2, 0) is 20.9 Å². The van der Waals surface area contributed by atoms with Gasteiger partial charge in [0.05, 0.1) is 13.2 Å². The zero-order valence-corrected chi connectivity index (χ0v) is 8.18. The summed E-state index contributed by atoms with van der Waals surface area (Å²) in [6.07, 6.45) is 0. The van der Waals surface area contributed by atoms with Gasteiger partial charge in [-0.15, -0.1) is 0 Å². The van der Waals surface area contributed by atoms with Crippen LogP contribution in [0.1, 0.15) is 0 Å². The summed E-state index contributed by atoms with van der Waals surface area (Å²) in [5.74, 6) is 0. The van der Waals surface area contributed by atoms with Crippen molar-refractivity contribution >= 4 is 23.6 Å². The standard InChI is InChI=1S/C8H9O2PS/c12-11(9-6-7-10-11)8-4-2-1-3-5-8/h1-5H,6-7H2. The summed E-state index contributed by atoms with van der Waals surface area (Å²) in [7, 11) is 0. The third-order valence-corrected chi connectivity index (χ3v) is 4.92. The molecule has 0 N–H and O–H groups in total. The molecule has 2 rings (SSSR count). The number of hydrogen-bond donors (Lipinski definition) is 0. The minimum Gasteiger partial charge on any atom is -0.324 e. The molecule has 64 valence electrons. The average molecular weight is 200 g/mol. The molecule has 1 aromatic carbocycles. The van der Waals surface area contributed by atoms with Gasteiger partial charge in [0.25, 0.3) is 0 Å². The van der Waals surface area contributed by atoms with Crippen LogP contribution >= 0.6 is 6.49 Å².